The van der Waals surface area contributed by atoms with E-state index in [4.69, 9.17) is 14.2 Å². The van der Waals surface area contributed by atoms with Gasteiger partial charge in [-0.05, 0) is 35.7 Å². The van der Waals surface area contributed by atoms with Crippen LogP contribution in [0.3, 0.4) is 0 Å². The van der Waals surface area contributed by atoms with E-state index in [0.717, 1.165) is 5.56 Å². The van der Waals surface area contributed by atoms with Crippen LogP contribution in [0.4, 0.5) is 4.39 Å². The molecule has 6 heteroatoms. The molecule has 0 saturated carbocycles. The van der Waals surface area contributed by atoms with Gasteiger partial charge in [0.25, 0.3) is 0 Å². The Bertz CT molecular complexity index is 692. The Hall–Kier alpha value is -2.31. The van der Waals surface area contributed by atoms with Crippen LogP contribution in [0.2, 0.25) is 0 Å². The highest BCUT2D eigenvalue weighted by Crippen LogP contribution is 2.35. The van der Waals surface area contributed by atoms with Gasteiger partial charge in [-0.3, -0.25) is 0 Å². The molecule has 1 aliphatic rings. The largest absolute Gasteiger partial charge is 0.491 e. The lowest BCUT2D eigenvalue weighted by Crippen LogP contribution is -2.33. The fourth-order valence-corrected chi connectivity index (χ4v) is 2.59. The molecule has 0 bridgehead atoms. The number of nitrogens with one attached hydrogen (secondary N) is 1. The summed E-state index contributed by atoms with van der Waals surface area (Å²) in [5.74, 6) is 1.97. The summed E-state index contributed by atoms with van der Waals surface area (Å²) in [6, 6.07) is 11.8. The van der Waals surface area contributed by atoms with Crippen LogP contribution < -0.4 is 19.5 Å². The van der Waals surface area contributed by atoms with Gasteiger partial charge in [0, 0.05) is 19.2 Å². The standard InChI is InChI=1S/C19H22FNO4/c1-13(14-2-4-15(20)5-3-14)9-21-10-16(22)11-23-17-6-7-18-19(8-17)25-12-24-18/h2-8,13,16,21-22H,9-12H2,1H3. The SMILES string of the molecule is CC(CNCC(O)COc1ccc2c(c1)OCO2)c1ccc(F)cc1. The number of fused-ring (bicyclic) bond motifs is 1. The van der Waals surface area contributed by atoms with Crippen LogP contribution in [0.1, 0.15) is 18.4 Å². The van der Waals surface area contributed by atoms with Crippen LogP contribution in [0.5, 0.6) is 17.2 Å². The lowest BCUT2D eigenvalue weighted by atomic mass is 10.0. The first-order chi connectivity index (χ1) is 12.1. The van der Waals surface area contributed by atoms with Crippen molar-refractivity contribution in [2.45, 2.75) is 18.9 Å². The van der Waals surface area contributed by atoms with Gasteiger partial charge in [-0.1, -0.05) is 19.1 Å². The Kier molecular flexibility index (Phi) is 5.73. The number of benzene rings is 2. The molecule has 3 rings (SSSR count). The number of ether oxygens (including phenoxy) is 3. The molecule has 2 N–H and O–H groups in total. The van der Waals surface area contributed by atoms with E-state index in [0.29, 0.717) is 30.3 Å². The number of rotatable bonds is 8. The Labute approximate surface area is 146 Å². The zero-order chi connectivity index (χ0) is 17.6. The average molecular weight is 347 g/mol. The van der Waals surface area contributed by atoms with Crippen molar-refractivity contribution in [2.75, 3.05) is 26.5 Å². The molecule has 2 unspecified atom stereocenters. The number of hydrogen-bond donors (Lipinski definition) is 2. The molecule has 134 valence electrons. The van der Waals surface area contributed by atoms with E-state index in [2.05, 4.69) is 12.2 Å². The summed E-state index contributed by atoms with van der Waals surface area (Å²) in [5, 5.41) is 13.2. The highest BCUT2D eigenvalue weighted by atomic mass is 19.1. The molecule has 0 radical (unpaired) electrons. The van der Waals surface area contributed by atoms with Crippen molar-refractivity contribution >= 4 is 0 Å². The number of hydrogen-bond acceptors (Lipinski definition) is 5. The second kappa shape index (κ2) is 8.18. The molecular formula is C19H22FNO4. The van der Waals surface area contributed by atoms with Crippen molar-refractivity contribution in [3.63, 3.8) is 0 Å². The quantitative estimate of drug-likeness (QED) is 0.769. The van der Waals surface area contributed by atoms with Gasteiger partial charge in [0.15, 0.2) is 11.5 Å². The topological polar surface area (TPSA) is 60.0 Å². The van der Waals surface area contributed by atoms with Gasteiger partial charge in [0.1, 0.15) is 24.3 Å². The average Bonchev–Trinajstić information content (AvgIpc) is 3.08. The van der Waals surface area contributed by atoms with Crippen molar-refractivity contribution in [3.05, 3.63) is 53.8 Å². The maximum absolute atomic E-state index is 12.9. The Morgan fingerprint density at radius 3 is 2.68 bits per heavy atom. The van der Waals surface area contributed by atoms with Crippen molar-refractivity contribution in [2.24, 2.45) is 0 Å². The molecule has 0 spiro atoms. The zero-order valence-corrected chi connectivity index (χ0v) is 14.1. The molecule has 0 fully saturated rings. The summed E-state index contributed by atoms with van der Waals surface area (Å²) < 4.78 is 29.0. The summed E-state index contributed by atoms with van der Waals surface area (Å²) in [4.78, 5) is 0. The van der Waals surface area contributed by atoms with Gasteiger partial charge >= 0.3 is 0 Å². The monoisotopic (exact) mass is 347 g/mol. The van der Waals surface area contributed by atoms with Gasteiger partial charge in [-0.15, -0.1) is 0 Å². The van der Waals surface area contributed by atoms with Gasteiger partial charge in [0.05, 0.1) is 0 Å². The Morgan fingerprint density at radius 1 is 1.12 bits per heavy atom. The van der Waals surface area contributed by atoms with Crippen LogP contribution in [0.25, 0.3) is 0 Å². The summed E-state index contributed by atoms with van der Waals surface area (Å²) >= 11 is 0. The molecule has 1 heterocycles. The van der Waals surface area contributed by atoms with Crippen molar-refractivity contribution < 1.29 is 23.7 Å². The second-order valence-electron chi connectivity index (χ2n) is 6.09. The van der Waals surface area contributed by atoms with Crippen LogP contribution in [-0.2, 0) is 0 Å². The molecule has 0 aliphatic carbocycles. The maximum Gasteiger partial charge on any atom is 0.231 e. The minimum atomic E-state index is -0.633. The fraction of sp³-hybridized carbons (Fsp3) is 0.368. The molecule has 0 aromatic heterocycles. The zero-order valence-electron chi connectivity index (χ0n) is 14.1. The fourth-order valence-electron chi connectivity index (χ4n) is 2.59. The van der Waals surface area contributed by atoms with Gasteiger partial charge in [0.2, 0.25) is 6.79 Å². The lowest BCUT2D eigenvalue weighted by Gasteiger charge is -2.16. The predicted molar refractivity (Wildman–Crippen MR) is 91.8 cm³/mol. The molecule has 1 aliphatic heterocycles. The highest BCUT2D eigenvalue weighted by Gasteiger charge is 2.14. The summed E-state index contributed by atoms with van der Waals surface area (Å²) in [6.07, 6.45) is -0.633. The van der Waals surface area contributed by atoms with E-state index < -0.39 is 6.10 Å². The molecule has 5 nitrogen and oxygen atoms in total. The van der Waals surface area contributed by atoms with Gasteiger partial charge in [-0.25, -0.2) is 4.39 Å². The van der Waals surface area contributed by atoms with E-state index >= 15 is 0 Å². The minimum Gasteiger partial charge on any atom is -0.491 e. The molecule has 2 aromatic rings. The second-order valence-corrected chi connectivity index (χ2v) is 6.09. The van der Waals surface area contributed by atoms with Crippen LogP contribution >= 0.6 is 0 Å². The molecule has 0 amide bonds. The van der Waals surface area contributed by atoms with Gasteiger partial charge < -0.3 is 24.6 Å². The predicted octanol–water partition coefficient (Wildman–Crippen LogP) is 2.69. The molecule has 2 aromatic carbocycles. The summed E-state index contributed by atoms with van der Waals surface area (Å²) in [7, 11) is 0. The van der Waals surface area contributed by atoms with Gasteiger partial charge in [-0.2, -0.15) is 0 Å². The van der Waals surface area contributed by atoms with Crippen molar-refractivity contribution in [3.8, 4) is 17.2 Å². The maximum atomic E-state index is 12.9. The first-order valence-electron chi connectivity index (χ1n) is 8.28. The molecule has 25 heavy (non-hydrogen) atoms. The summed E-state index contributed by atoms with van der Waals surface area (Å²) in [6.45, 7) is 3.55. The molecule has 0 saturated heterocycles. The normalized spacial score (nSPS) is 15.0. The van der Waals surface area contributed by atoms with Crippen LogP contribution in [-0.4, -0.2) is 37.7 Å². The number of halogens is 1. The molecular weight excluding hydrogens is 325 g/mol. The van der Waals surface area contributed by atoms with Crippen LogP contribution in [0, 0.1) is 5.82 Å². The number of aliphatic hydroxyl groups is 1. The van der Waals surface area contributed by atoms with E-state index in [1.807, 2.05) is 0 Å². The van der Waals surface area contributed by atoms with E-state index in [-0.39, 0.29) is 25.1 Å². The summed E-state index contributed by atoms with van der Waals surface area (Å²) in [5.41, 5.74) is 1.06. The van der Waals surface area contributed by atoms with Crippen molar-refractivity contribution in [1.29, 1.82) is 0 Å². The third-order valence-electron chi connectivity index (χ3n) is 4.06. The Balaban J connectivity index is 1.38. The third-order valence-corrected chi connectivity index (χ3v) is 4.06. The minimum absolute atomic E-state index is 0.178. The molecule has 2 atom stereocenters. The smallest absolute Gasteiger partial charge is 0.231 e. The van der Waals surface area contributed by atoms with E-state index in [1.165, 1.54) is 12.1 Å². The third kappa shape index (κ3) is 4.84. The van der Waals surface area contributed by atoms with Crippen molar-refractivity contribution in [1.82, 2.24) is 5.32 Å². The lowest BCUT2D eigenvalue weighted by molar-refractivity contribution is 0.106. The van der Waals surface area contributed by atoms with Crippen LogP contribution in [0.15, 0.2) is 42.5 Å². The number of aliphatic hydroxyl groups excluding tert-OH is 1. The van der Waals surface area contributed by atoms with E-state index in [9.17, 15) is 9.50 Å². The van der Waals surface area contributed by atoms with E-state index in [1.54, 1.807) is 30.3 Å². The first-order valence-corrected chi connectivity index (χ1v) is 8.28. The first kappa shape index (κ1) is 17.5. The Morgan fingerprint density at radius 2 is 1.88 bits per heavy atom. The highest BCUT2D eigenvalue weighted by molar-refractivity contribution is 5.46.